The number of anilines is 1. The lowest BCUT2D eigenvalue weighted by atomic mass is 10.2. The lowest BCUT2D eigenvalue weighted by Gasteiger charge is -2.06. The first-order chi connectivity index (χ1) is 7.92. The molecule has 1 aromatic rings. The van der Waals surface area contributed by atoms with E-state index in [0.717, 1.165) is 11.3 Å². The minimum Gasteiger partial charge on any atom is -0.495 e. The first-order valence-electron chi connectivity index (χ1n) is 5.10. The van der Waals surface area contributed by atoms with Crippen LogP contribution in [0, 0.1) is 0 Å². The van der Waals surface area contributed by atoms with Gasteiger partial charge in [0.15, 0.2) is 0 Å². The molecule has 0 saturated heterocycles. The largest absolute Gasteiger partial charge is 0.495 e. The van der Waals surface area contributed by atoms with Crippen LogP contribution in [0.25, 0.3) is 0 Å². The van der Waals surface area contributed by atoms with Gasteiger partial charge in [-0.25, -0.2) is 8.42 Å². The minimum absolute atomic E-state index is 0.212. The van der Waals surface area contributed by atoms with E-state index in [1.54, 1.807) is 18.9 Å². The van der Waals surface area contributed by atoms with Crippen molar-refractivity contribution in [2.24, 2.45) is 0 Å². The maximum Gasteiger partial charge on any atom is 0.148 e. The Kier molecular flexibility index (Phi) is 5.14. The van der Waals surface area contributed by atoms with Gasteiger partial charge < -0.3 is 10.5 Å². The molecule has 0 aliphatic heterocycles. The Morgan fingerprint density at radius 3 is 2.65 bits per heavy atom. The number of benzene rings is 1. The molecule has 6 heteroatoms. The zero-order valence-corrected chi connectivity index (χ0v) is 11.6. The van der Waals surface area contributed by atoms with Gasteiger partial charge in [0.25, 0.3) is 0 Å². The molecule has 2 N–H and O–H groups in total. The molecule has 4 nitrogen and oxygen atoms in total. The van der Waals surface area contributed by atoms with Crippen LogP contribution in [0.1, 0.15) is 5.56 Å². The van der Waals surface area contributed by atoms with E-state index < -0.39 is 9.84 Å². The standard InChI is InChI=1S/C11H17NO3S2/c1-15-11-4-3-9(7-10(11)12)8-16-5-6-17(2,13)14/h3-4,7H,5-6,8,12H2,1-2H3. The van der Waals surface area contributed by atoms with Gasteiger partial charge in [0.1, 0.15) is 15.6 Å². The molecule has 1 aromatic carbocycles. The number of methoxy groups -OCH3 is 1. The summed E-state index contributed by atoms with van der Waals surface area (Å²) < 4.78 is 26.9. The Labute approximate surface area is 106 Å². The van der Waals surface area contributed by atoms with Gasteiger partial charge in [0, 0.05) is 17.8 Å². The number of rotatable bonds is 6. The molecule has 0 spiro atoms. The molecule has 96 valence electrons. The second-order valence-corrected chi connectivity index (χ2v) is 7.12. The van der Waals surface area contributed by atoms with Crippen molar-refractivity contribution >= 4 is 27.3 Å². The van der Waals surface area contributed by atoms with Crippen LogP contribution >= 0.6 is 11.8 Å². The molecule has 0 unspecified atom stereocenters. The van der Waals surface area contributed by atoms with Crippen LogP contribution in [0.5, 0.6) is 5.75 Å². The van der Waals surface area contributed by atoms with Crippen molar-refractivity contribution < 1.29 is 13.2 Å². The van der Waals surface area contributed by atoms with Crippen LogP contribution in [0.15, 0.2) is 18.2 Å². The molecule has 0 amide bonds. The molecular formula is C11H17NO3S2. The number of hydrogen-bond donors (Lipinski definition) is 1. The normalized spacial score (nSPS) is 11.4. The first kappa shape index (κ1) is 14.2. The van der Waals surface area contributed by atoms with Crippen molar-refractivity contribution in [1.29, 1.82) is 0 Å². The second kappa shape index (κ2) is 6.16. The minimum atomic E-state index is -2.86. The van der Waals surface area contributed by atoms with E-state index in [-0.39, 0.29) is 5.75 Å². The molecule has 0 saturated carbocycles. The predicted octanol–water partition coefficient (Wildman–Crippen LogP) is 1.56. The molecule has 0 aliphatic rings. The molecular weight excluding hydrogens is 258 g/mol. The van der Waals surface area contributed by atoms with Crippen LogP contribution in [0.3, 0.4) is 0 Å². The summed E-state index contributed by atoms with van der Waals surface area (Å²) >= 11 is 1.58. The van der Waals surface area contributed by atoms with Crippen molar-refractivity contribution in [3.8, 4) is 5.75 Å². The number of nitrogen functional groups attached to an aromatic ring is 1. The fourth-order valence-electron chi connectivity index (χ4n) is 1.27. The smallest absolute Gasteiger partial charge is 0.148 e. The quantitative estimate of drug-likeness (QED) is 0.630. The van der Waals surface area contributed by atoms with Crippen LogP contribution < -0.4 is 10.5 Å². The highest BCUT2D eigenvalue weighted by atomic mass is 32.2. The third-order valence-electron chi connectivity index (χ3n) is 2.16. The average molecular weight is 275 g/mol. The van der Waals surface area contributed by atoms with Gasteiger partial charge in [-0.3, -0.25) is 0 Å². The van der Waals surface area contributed by atoms with Gasteiger partial charge >= 0.3 is 0 Å². The first-order valence-corrected chi connectivity index (χ1v) is 8.32. The third kappa shape index (κ3) is 5.32. The molecule has 17 heavy (non-hydrogen) atoms. The molecule has 0 aromatic heterocycles. The van der Waals surface area contributed by atoms with Gasteiger partial charge in [0.05, 0.1) is 18.6 Å². The van der Waals surface area contributed by atoms with Gasteiger partial charge in [-0.2, -0.15) is 11.8 Å². The molecule has 0 heterocycles. The Morgan fingerprint density at radius 1 is 1.41 bits per heavy atom. The number of hydrogen-bond acceptors (Lipinski definition) is 5. The van der Waals surface area contributed by atoms with E-state index in [9.17, 15) is 8.42 Å². The van der Waals surface area contributed by atoms with E-state index in [1.165, 1.54) is 6.26 Å². The third-order valence-corrected chi connectivity index (χ3v) is 4.40. The number of ether oxygens (including phenoxy) is 1. The summed E-state index contributed by atoms with van der Waals surface area (Å²) in [5.41, 5.74) is 7.45. The van der Waals surface area contributed by atoms with Crippen molar-refractivity contribution in [2.45, 2.75) is 5.75 Å². The molecule has 0 bridgehead atoms. The summed E-state index contributed by atoms with van der Waals surface area (Å²) in [4.78, 5) is 0. The molecule has 0 radical (unpaired) electrons. The number of nitrogens with two attached hydrogens (primary N) is 1. The highest BCUT2D eigenvalue weighted by molar-refractivity contribution is 7.99. The Morgan fingerprint density at radius 2 is 2.12 bits per heavy atom. The predicted molar refractivity (Wildman–Crippen MR) is 73.3 cm³/mol. The fraction of sp³-hybridized carbons (Fsp3) is 0.455. The fourth-order valence-corrected chi connectivity index (χ4v) is 3.52. The van der Waals surface area contributed by atoms with Crippen molar-refractivity contribution in [3.63, 3.8) is 0 Å². The van der Waals surface area contributed by atoms with E-state index >= 15 is 0 Å². The van der Waals surface area contributed by atoms with Crippen LogP contribution in [-0.2, 0) is 15.6 Å². The highest BCUT2D eigenvalue weighted by Gasteiger charge is 2.03. The summed E-state index contributed by atoms with van der Waals surface area (Å²) in [5.74, 6) is 2.23. The molecule has 0 fully saturated rings. The van der Waals surface area contributed by atoms with E-state index in [4.69, 9.17) is 10.5 Å². The summed E-state index contributed by atoms with van der Waals surface area (Å²) in [6, 6.07) is 5.61. The summed E-state index contributed by atoms with van der Waals surface area (Å²) in [6.07, 6.45) is 1.25. The van der Waals surface area contributed by atoms with Gasteiger partial charge in [-0.05, 0) is 17.7 Å². The van der Waals surface area contributed by atoms with Crippen LogP contribution in [0.4, 0.5) is 5.69 Å². The van der Waals surface area contributed by atoms with Gasteiger partial charge in [-0.1, -0.05) is 6.07 Å². The molecule has 0 atom stereocenters. The summed E-state index contributed by atoms with van der Waals surface area (Å²) in [6.45, 7) is 0. The summed E-state index contributed by atoms with van der Waals surface area (Å²) in [7, 11) is -1.29. The van der Waals surface area contributed by atoms with Crippen molar-refractivity contribution in [1.82, 2.24) is 0 Å². The maximum absolute atomic E-state index is 10.9. The van der Waals surface area contributed by atoms with Crippen molar-refractivity contribution in [2.75, 3.05) is 30.6 Å². The Bertz CT molecular complexity index is 472. The van der Waals surface area contributed by atoms with E-state index in [0.29, 0.717) is 17.2 Å². The van der Waals surface area contributed by atoms with Crippen LogP contribution in [0.2, 0.25) is 0 Å². The van der Waals surface area contributed by atoms with E-state index in [1.807, 2.05) is 18.2 Å². The zero-order chi connectivity index (χ0) is 12.9. The van der Waals surface area contributed by atoms with Gasteiger partial charge in [-0.15, -0.1) is 0 Å². The molecule has 0 aliphatic carbocycles. The van der Waals surface area contributed by atoms with E-state index in [2.05, 4.69) is 0 Å². The number of sulfone groups is 1. The van der Waals surface area contributed by atoms with Gasteiger partial charge in [0.2, 0.25) is 0 Å². The SMILES string of the molecule is COc1ccc(CSCCS(C)(=O)=O)cc1N. The lowest BCUT2D eigenvalue weighted by Crippen LogP contribution is -2.05. The second-order valence-electron chi connectivity index (χ2n) is 3.76. The maximum atomic E-state index is 10.9. The summed E-state index contributed by atoms with van der Waals surface area (Å²) in [5, 5.41) is 0. The highest BCUT2D eigenvalue weighted by Crippen LogP contribution is 2.24. The zero-order valence-electron chi connectivity index (χ0n) is 9.97. The average Bonchev–Trinajstić information content (AvgIpc) is 2.23. The number of thioether (sulfide) groups is 1. The Hall–Kier alpha value is -0.880. The topological polar surface area (TPSA) is 69.4 Å². The van der Waals surface area contributed by atoms with Crippen molar-refractivity contribution in [3.05, 3.63) is 23.8 Å². The molecule has 1 rings (SSSR count). The van der Waals surface area contributed by atoms with Crippen LogP contribution in [-0.4, -0.2) is 33.3 Å². The monoisotopic (exact) mass is 275 g/mol. The Balaban J connectivity index is 2.45. The lowest BCUT2D eigenvalue weighted by molar-refractivity contribution is 0.417.